The minimum atomic E-state index is -2.18. The predicted molar refractivity (Wildman–Crippen MR) is 73.2 cm³/mol. The average molecular weight is 281 g/mol. The number of amides is 1. The van der Waals surface area contributed by atoms with Crippen molar-refractivity contribution in [3.63, 3.8) is 0 Å². The molecule has 1 N–H and O–H groups in total. The summed E-state index contributed by atoms with van der Waals surface area (Å²) in [5, 5.41) is 2.75. The Morgan fingerprint density at radius 3 is 2.61 bits per heavy atom. The number of rotatable bonds is 3. The van der Waals surface area contributed by atoms with Gasteiger partial charge in [0.1, 0.15) is 4.20 Å². The van der Waals surface area contributed by atoms with Crippen LogP contribution >= 0.6 is 11.8 Å². The van der Waals surface area contributed by atoms with Gasteiger partial charge in [-0.25, -0.2) is 0 Å². The van der Waals surface area contributed by atoms with Crippen LogP contribution in [0.4, 0.5) is 0 Å². The molecular formula is C12H11NO3S2. The molecule has 1 atom stereocenters. The molecule has 0 spiro atoms. The lowest BCUT2D eigenvalue weighted by Gasteiger charge is -2.08. The second-order valence-corrected chi connectivity index (χ2v) is 6.09. The van der Waals surface area contributed by atoms with Crippen LogP contribution in [0.5, 0.6) is 0 Å². The third-order valence-corrected chi connectivity index (χ3v) is 4.54. The standard InChI is InChI=1S/C12H11NO3S2/c14-12(9-4-2-1-3-5-9)13-8-10-6-7-11(17-10)18(15)16/h1-7,10H,8H2,(H,13,14). The quantitative estimate of drug-likeness (QED) is 0.843. The molecule has 1 amide bonds. The van der Waals surface area contributed by atoms with Crippen molar-refractivity contribution in [2.24, 2.45) is 0 Å². The number of hydrogen-bond donors (Lipinski definition) is 1. The first kappa shape index (κ1) is 12.9. The van der Waals surface area contributed by atoms with Gasteiger partial charge in [0.15, 0.2) is 0 Å². The van der Waals surface area contributed by atoms with Gasteiger partial charge < -0.3 is 5.32 Å². The summed E-state index contributed by atoms with van der Waals surface area (Å²) < 4.78 is 21.7. The smallest absolute Gasteiger partial charge is 0.251 e. The first-order chi connectivity index (χ1) is 8.66. The fourth-order valence-electron chi connectivity index (χ4n) is 1.50. The summed E-state index contributed by atoms with van der Waals surface area (Å²) in [6, 6.07) is 8.91. The third kappa shape index (κ3) is 3.24. The molecule has 0 saturated heterocycles. The van der Waals surface area contributed by atoms with Crippen LogP contribution in [0.25, 0.3) is 0 Å². The van der Waals surface area contributed by atoms with Crippen LogP contribution in [0.1, 0.15) is 10.4 Å². The van der Waals surface area contributed by atoms with Crippen LogP contribution in [-0.2, 0) is 10.3 Å². The second kappa shape index (κ2) is 5.88. The van der Waals surface area contributed by atoms with Crippen molar-refractivity contribution in [1.82, 2.24) is 5.32 Å². The van der Waals surface area contributed by atoms with Crippen LogP contribution in [0.15, 0.2) is 42.5 Å². The van der Waals surface area contributed by atoms with Crippen LogP contribution < -0.4 is 5.32 Å². The molecule has 0 fully saturated rings. The topological polar surface area (TPSA) is 63.2 Å². The minimum Gasteiger partial charge on any atom is -0.351 e. The molecule has 0 aromatic heterocycles. The SMILES string of the molecule is O=C(NCC1C=CC(=S(=O)=O)S1)c1ccccc1. The molecule has 6 heteroatoms. The second-order valence-electron chi connectivity index (χ2n) is 3.65. The van der Waals surface area contributed by atoms with E-state index in [1.807, 2.05) is 6.07 Å². The van der Waals surface area contributed by atoms with E-state index in [1.165, 1.54) is 11.8 Å². The number of nitrogens with one attached hydrogen (secondary N) is 1. The molecule has 2 rings (SSSR count). The van der Waals surface area contributed by atoms with Crippen molar-refractivity contribution >= 4 is 32.2 Å². The summed E-state index contributed by atoms with van der Waals surface area (Å²) in [5.41, 5.74) is 0.598. The van der Waals surface area contributed by atoms with Crippen molar-refractivity contribution in [3.8, 4) is 0 Å². The van der Waals surface area contributed by atoms with E-state index >= 15 is 0 Å². The largest absolute Gasteiger partial charge is 0.351 e. The normalized spacial score (nSPS) is 17.8. The molecule has 0 saturated carbocycles. The lowest BCUT2D eigenvalue weighted by molar-refractivity contribution is 0.0955. The Kier molecular flexibility index (Phi) is 4.22. The van der Waals surface area contributed by atoms with Gasteiger partial charge in [-0.1, -0.05) is 24.3 Å². The van der Waals surface area contributed by atoms with E-state index in [4.69, 9.17) is 0 Å². The van der Waals surface area contributed by atoms with Crippen LogP contribution in [-0.4, -0.2) is 30.3 Å². The number of benzene rings is 1. The van der Waals surface area contributed by atoms with Crippen molar-refractivity contribution in [2.75, 3.05) is 6.54 Å². The van der Waals surface area contributed by atoms with Crippen LogP contribution in [0.3, 0.4) is 0 Å². The maximum atomic E-state index is 11.7. The number of carbonyl (C=O) groups excluding carboxylic acids is 1. The molecule has 0 radical (unpaired) electrons. The molecule has 1 aliphatic heterocycles. The summed E-state index contributed by atoms with van der Waals surface area (Å²) in [6.45, 7) is 0.412. The van der Waals surface area contributed by atoms with E-state index < -0.39 is 10.3 Å². The molecule has 94 valence electrons. The highest BCUT2D eigenvalue weighted by Crippen LogP contribution is 2.21. The summed E-state index contributed by atoms with van der Waals surface area (Å²) in [4.78, 5) is 11.7. The minimum absolute atomic E-state index is 0.0226. The number of thioether (sulfide) groups is 1. The monoisotopic (exact) mass is 281 g/mol. The Morgan fingerprint density at radius 1 is 1.28 bits per heavy atom. The lowest BCUT2D eigenvalue weighted by atomic mass is 10.2. The molecule has 1 aromatic rings. The third-order valence-electron chi connectivity index (χ3n) is 2.38. The van der Waals surface area contributed by atoms with Gasteiger partial charge in [-0.3, -0.25) is 4.79 Å². The van der Waals surface area contributed by atoms with E-state index in [1.54, 1.807) is 36.4 Å². The fraction of sp³-hybridized carbons (Fsp3) is 0.167. The molecule has 0 bridgehead atoms. The van der Waals surface area contributed by atoms with Crippen molar-refractivity contribution < 1.29 is 13.2 Å². The molecule has 1 aliphatic rings. The summed E-state index contributed by atoms with van der Waals surface area (Å²) in [7, 11) is -2.18. The van der Waals surface area contributed by atoms with E-state index in [0.717, 1.165) is 0 Å². The van der Waals surface area contributed by atoms with E-state index in [2.05, 4.69) is 5.32 Å². The summed E-state index contributed by atoms with van der Waals surface area (Å²) in [5.74, 6) is -0.152. The predicted octanol–water partition coefficient (Wildman–Crippen LogP) is 1.10. The Balaban J connectivity index is 1.89. The van der Waals surface area contributed by atoms with Gasteiger partial charge in [-0.15, -0.1) is 11.8 Å². The molecule has 18 heavy (non-hydrogen) atoms. The number of hydrogen-bond acceptors (Lipinski definition) is 4. The highest BCUT2D eigenvalue weighted by atomic mass is 32.2. The Labute approximate surface area is 111 Å². The maximum absolute atomic E-state index is 11.7. The molecule has 1 aromatic carbocycles. The van der Waals surface area contributed by atoms with Crippen molar-refractivity contribution in [1.29, 1.82) is 0 Å². The Morgan fingerprint density at radius 2 is 2.00 bits per heavy atom. The van der Waals surface area contributed by atoms with E-state index in [-0.39, 0.29) is 11.2 Å². The fourth-order valence-corrected chi connectivity index (χ4v) is 3.16. The molecular weight excluding hydrogens is 270 g/mol. The molecule has 1 unspecified atom stereocenters. The molecule has 0 aliphatic carbocycles. The van der Waals surface area contributed by atoms with Gasteiger partial charge in [0.2, 0.25) is 10.3 Å². The lowest BCUT2D eigenvalue weighted by Crippen LogP contribution is -2.29. The maximum Gasteiger partial charge on any atom is 0.251 e. The first-order valence-electron chi connectivity index (χ1n) is 5.31. The molecule has 1 heterocycles. The first-order valence-corrected chi connectivity index (χ1v) is 7.26. The van der Waals surface area contributed by atoms with Gasteiger partial charge in [0, 0.05) is 17.4 Å². The zero-order valence-corrected chi connectivity index (χ0v) is 11.0. The van der Waals surface area contributed by atoms with Gasteiger partial charge >= 0.3 is 0 Å². The van der Waals surface area contributed by atoms with Gasteiger partial charge in [0.05, 0.1) is 0 Å². The summed E-state index contributed by atoms with van der Waals surface area (Å²) >= 11 is 1.23. The van der Waals surface area contributed by atoms with Gasteiger partial charge in [0.25, 0.3) is 5.91 Å². The summed E-state index contributed by atoms with van der Waals surface area (Å²) in [6.07, 6.45) is 3.34. The van der Waals surface area contributed by atoms with Crippen molar-refractivity contribution in [3.05, 3.63) is 48.0 Å². The van der Waals surface area contributed by atoms with Crippen LogP contribution in [0, 0.1) is 0 Å². The molecule has 4 nitrogen and oxygen atoms in total. The Hall–Kier alpha value is -1.53. The highest BCUT2D eigenvalue weighted by Gasteiger charge is 2.17. The Bertz CT molecular complexity index is 597. The van der Waals surface area contributed by atoms with Gasteiger partial charge in [-0.2, -0.15) is 8.42 Å². The van der Waals surface area contributed by atoms with Crippen molar-refractivity contribution in [2.45, 2.75) is 5.25 Å². The highest BCUT2D eigenvalue weighted by molar-refractivity contribution is 8.23. The average Bonchev–Trinajstić information content (AvgIpc) is 2.86. The van der Waals surface area contributed by atoms with Gasteiger partial charge in [-0.05, 0) is 18.2 Å². The zero-order valence-electron chi connectivity index (χ0n) is 9.37. The zero-order chi connectivity index (χ0) is 13.0. The van der Waals surface area contributed by atoms with E-state index in [9.17, 15) is 13.2 Å². The van der Waals surface area contributed by atoms with E-state index in [0.29, 0.717) is 16.3 Å². The van der Waals surface area contributed by atoms with Crippen LogP contribution in [0.2, 0.25) is 0 Å². The number of carbonyl (C=O) groups is 1.